The Balaban J connectivity index is 1.69. The summed E-state index contributed by atoms with van der Waals surface area (Å²) >= 11 is 2.09. The quantitative estimate of drug-likeness (QED) is 0.802. The molecule has 2 unspecified atom stereocenters. The van der Waals surface area contributed by atoms with Gasteiger partial charge in [0, 0.05) is 24.9 Å². The molecule has 0 aromatic carbocycles. The van der Waals surface area contributed by atoms with Crippen LogP contribution in [0.2, 0.25) is 0 Å². The summed E-state index contributed by atoms with van der Waals surface area (Å²) in [6.07, 6.45) is 4.29. The van der Waals surface area contributed by atoms with Gasteiger partial charge in [0.2, 0.25) is 0 Å². The van der Waals surface area contributed by atoms with E-state index >= 15 is 0 Å². The van der Waals surface area contributed by atoms with Crippen LogP contribution in [0, 0.1) is 5.41 Å². The Bertz CT molecular complexity index is 202. The minimum absolute atomic E-state index is 0.486. The lowest BCUT2D eigenvalue weighted by atomic mass is 9.88. The Labute approximate surface area is 97.5 Å². The molecule has 0 aromatic rings. The summed E-state index contributed by atoms with van der Waals surface area (Å²) < 4.78 is 5.63. The van der Waals surface area contributed by atoms with E-state index in [4.69, 9.17) is 4.74 Å². The molecule has 2 aliphatic rings. The van der Waals surface area contributed by atoms with Crippen molar-refractivity contribution in [3.8, 4) is 0 Å². The summed E-state index contributed by atoms with van der Waals surface area (Å²) in [4.78, 5) is 0. The highest BCUT2D eigenvalue weighted by Crippen LogP contribution is 2.33. The molecule has 1 N–H and O–H groups in total. The van der Waals surface area contributed by atoms with Crippen molar-refractivity contribution in [3.63, 3.8) is 0 Å². The van der Waals surface area contributed by atoms with Gasteiger partial charge in [-0.1, -0.05) is 13.8 Å². The van der Waals surface area contributed by atoms with Crippen molar-refractivity contribution < 1.29 is 4.74 Å². The second-order valence-corrected chi connectivity index (χ2v) is 6.65. The molecule has 2 fully saturated rings. The molecule has 0 amide bonds. The molecule has 0 bridgehead atoms. The summed E-state index contributed by atoms with van der Waals surface area (Å²) in [6.45, 7) is 6.78. The first kappa shape index (κ1) is 11.7. The van der Waals surface area contributed by atoms with Gasteiger partial charge in [-0.3, -0.25) is 0 Å². The average molecular weight is 229 g/mol. The highest BCUT2D eigenvalue weighted by molar-refractivity contribution is 7.99. The van der Waals surface area contributed by atoms with E-state index in [-0.39, 0.29) is 0 Å². The van der Waals surface area contributed by atoms with Crippen LogP contribution in [0.3, 0.4) is 0 Å². The van der Waals surface area contributed by atoms with Gasteiger partial charge in [-0.2, -0.15) is 11.8 Å². The van der Waals surface area contributed by atoms with Gasteiger partial charge < -0.3 is 10.1 Å². The smallest absolute Gasteiger partial charge is 0.0700 e. The first-order valence-corrected chi connectivity index (χ1v) is 7.24. The first-order valence-electron chi connectivity index (χ1n) is 6.08. The molecular weight excluding hydrogens is 206 g/mol. The number of thioether (sulfide) groups is 1. The van der Waals surface area contributed by atoms with E-state index in [0.717, 1.165) is 13.2 Å². The summed E-state index contributed by atoms with van der Waals surface area (Å²) in [5.41, 5.74) is 0.511. The Morgan fingerprint density at radius 1 is 1.47 bits per heavy atom. The molecule has 0 saturated carbocycles. The second-order valence-electron chi connectivity index (χ2n) is 5.62. The second kappa shape index (κ2) is 5.07. The van der Waals surface area contributed by atoms with Crippen molar-refractivity contribution in [3.05, 3.63) is 0 Å². The first-order chi connectivity index (χ1) is 7.16. The number of hydrogen-bond acceptors (Lipinski definition) is 3. The average Bonchev–Trinajstić information content (AvgIpc) is 2.65. The minimum Gasteiger partial charge on any atom is -0.377 e. The number of ether oxygens (including phenoxy) is 1. The molecule has 2 rings (SSSR count). The van der Waals surface area contributed by atoms with E-state index < -0.39 is 0 Å². The molecule has 88 valence electrons. The van der Waals surface area contributed by atoms with Crippen LogP contribution in [0.5, 0.6) is 0 Å². The third-order valence-corrected chi connectivity index (χ3v) is 4.89. The summed E-state index contributed by atoms with van der Waals surface area (Å²) in [5, 5.41) is 3.67. The third-order valence-electron chi connectivity index (χ3n) is 3.27. The van der Waals surface area contributed by atoms with E-state index in [1.54, 1.807) is 0 Å². The Hall–Kier alpha value is 0.270. The molecule has 0 aliphatic carbocycles. The topological polar surface area (TPSA) is 21.3 Å². The highest BCUT2D eigenvalue weighted by atomic mass is 32.2. The van der Waals surface area contributed by atoms with Crippen LogP contribution in [-0.4, -0.2) is 36.8 Å². The maximum absolute atomic E-state index is 5.63. The zero-order chi connectivity index (χ0) is 10.7. The predicted molar refractivity (Wildman–Crippen MR) is 66.5 cm³/mol. The lowest BCUT2D eigenvalue weighted by Gasteiger charge is -2.35. The van der Waals surface area contributed by atoms with Crippen LogP contribution in [0.4, 0.5) is 0 Å². The molecule has 15 heavy (non-hydrogen) atoms. The monoisotopic (exact) mass is 229 g/mol. The highest BCUT2D eigenvalue weighted by Gasteiger charge is 2.28. The fourth-order valence-electron chi connectivity index (χ4n) is 2.50. The van der Waals surface area contributed by atoms with Gasteiger partial charge >= 0.3 is 0 Å². The summed E-state index contributed by atoms with van der Waals surface area (Å²) in [7, 11) is 0. The van der Waals surface area contributed by atoms with Crippen LogP contribution in [0.1, 0.15) is 33.1 Å². The zero-order valence-corrected chi connectivity index (χ0v) is 10.7. The van der Waals surface area contributed by atoms with Crippen molar-refractivity contribution >= 4 is 11.8 Å². The predicted octanol–water partition coefficient (Wildman–Crippen LogP) is 2.29. The number of rotatable bonds is 3. The van der Waals surface area contributed by atoms with E-state index in [1.807, 2.05) is 0 Å². The molecule has 2 heterocycles. The van der Waals surface area contributed by atoms with Crippen LogP contribution in [0.15, 0.2) is 0 Å². The maximum Gasteiger partial charge on any atom is 0.0700 e. The van der Waals surface area contributed by atoms with E-state index in [2.05, 4.69) is 30.9 Å². The van der Waals surface area contributed by atoms with Gasteiger partial charge in [0.1, 0.15) is 0 Å². The van der Waals surface area contributed by atoms with E-state index in [9.17, 15) is 0 Å². The molecule has 2 nitrogen and oxygen atoms in total. The van der Waals surface area contributed by atoms with Gasteiger partial charge in [0.25, 0.3) is 0 Å². The van der Waals surface area contributed by atoms with Gasteiger partial charge in [0.15, 0.2) is 0 Å². The Kier molecular flexibility index (Phi) is 3.97. The molecule has 2 aliphatic heterocycles. The Morgan fingerprint density at radius 2 is 2.33 bits per heavy atom. The van der Waals surface area contributed by atoms with Crippen molar-refractivity contribution in [2.45, 2.75) is 45.3 Å². The van der Waals surface area contributed by atoms with Gasteiger partial charge in [-0.25, -0.2) is 0 Å². The molecule has 3 heteroatoms. The lowest BCUT2D eigenvalue weighted by molar-refractivity contribution is 0.106. The molecular formula is C12H23NOS. The van der Waals surface area contributed by atoms with Gasteiger partial charge in [-0.15, -0.1) is 0 Å². The van der Waals surface area contributed by atoms with Crippen LogP contribution in [0.25, 0.3) is 0 Å². The van der Waals surface area contributed by atoms with Gasteiger partial charge in [-0.05, 0) is 30.4 Å². The largest absolute Gasteiger partial charge is 0.377 e. The fourth-order valence-corrected chi connectivity index (χ4v) is 3.81. The molecule has 0 spiro atoms. The normalized spacial score (nSPS) is 35.6. The number of nitrogens with one attached hydrogen (secondary N) is 1. The van der Waals surface area contributed by atoms with Crippen molar-refractivity contribution in [2.24, 2.45) is 5.41 Å². The standard InChI is InChI=1S/C12H23NOS/c1-12(2)6-10(8-15-9-12)13-7-11-4-3-5-14-11/h10-11,13H,3-9H2,1-2H3. The minimum atomic E-state index is 0.486. The molecule has 2 atom stereocenters. The van der Waals surface area contributed by atoms with E-state index in [0.29, 0.717) is 17.6 Å². The van der Waals surface area contributed by atoms with Gasteiger partial charge in [0.05, 0.1) is 6.10 Å². The van der Waals surface area contributed by atoms with Crippen LogP contribution >= 0.6 is 11.8 Å². The summed E-state index contributed by atoms with van der Waals surface area (Å²) in [5.74, 6) is 2.58. The lowest BCUT2D eigenvalue weighted by Crippen LogP contribution is -2.43. The fraction of sp³-hybridized carbons (Fsp3) is 1.00. The van der Waals surface area contributed by atoms with Crippen LogP contribution in [-0.2, 0) is 4.74 Å². The molecule has 2 saturated heterocycles. The zero-order valence-electron chi connectivity index (χ0n) is 9.92. The summed E-state index contributed by atoms with van der Waals surface area (Å²) in [6, 6.07) is 0.697. The molecule has 0 radical (unpaired) electrons. The van der Waals surface area contributed by atoms with Crippen molar-refractivity contribution in [1.29, 1.82) is 0 Å². The van der Waals surface area contributed by atoms with Crippen molar-refractivity contribution in [2.75, 3.05) is 24.7 Å². The van der Waals surface area contributed by atoms with Crippen molar-refractivity contribution in [1.82, 2.24) is 5.32 Å². The molecule has 0 aromatic heterocycles. The maximum atomic E-state index is 5.63. The van der Waals surface area contributed by atoms with Crippen LogP contribution < -0.4 is 5.32 Å². The Morgan fingerprint density at radius 3 is 3.00 bits per heavy atom. The number of hydrogen-bond donors (Lipinski definition) is 1. The SMILES string of the molecule is CC1(C)CSCC(NCC2CCCO2)C1. The third kappa shape index (κ3) is 3.65. The van der Waals surface area contributed by atoms with E-state index in [1.165, 1.54) is 30.8 Å².